The number of aliphatic carboxylic acids is 1. The molecule has 1 atom stereocenters. The van der Waals surface area contributed by atoms with E-state index in [-0.39, 0.29) is 23.8 Å². The maximum atomic E-state index is 12.6. The van der Waals surface area contributed by atoms with Crippen LogP contribution in [0.2, 0.25) is 5.02 Å². The average Bonchev–Trinajstić information content (AvgIpc) is 2.53. The first-order valence-corrected chi connectivity index (χ1v) is 8.03. The predicted octanol–water partition coefficient (Wildman–Crippen LogP) is 3.75. The summed E-state index contributed by atoms with van der Waals surface area (Å²) in [6, 6.07) is 7.43. The SMILES string of the molecule is CC(c1ccccc1Cl)N(C)C(=O)C1CCC(C(=O)O)CC1. The first-order valence-electron chi connectivity index (χ1n) is 7.65. The molecular formula is C17H22ClNO3. The number of carbonyl (C=O) groups excluding carboxylic acids is 1. The van der Waals surface area contributed by atoms with Crippen molar-refractivity contribution in [2.24, 2.45) is 11.8 Å². The maximum Gasteiger partial charge on any atom is 0.306 e. The van der Waals surface area contributed by atoms with Gasteiger partial charge in [0.1, 0.15) is 0 Å². The number of nitrogens with zero attached hydrogens (tertiary/aromatic N) is 1. The molecule has 0 aliphatic heterocycles. The van der Waals surface area contributed by atoms with Crippen LogP contribution in [0.5, 0.6) is 0 Å². The van der Waals surface area contributed by atoms with Gasteiger partial charge in [-0.05, 0) is 44.2 Å². The van der Waals surface area contributed by atoms with Crippen molar-refractivity contribution >= 4 is 23.5 Å². The lowest BCUT2D eigenvalue weighted by atomic mass is 9.81. The van der Waals surface area contributed by atoms with E-state index >= 15 is 0 Å². The molecule has 0 saturated heterocycles. The molecule has 4 nitrogen and oxygen atoms in total. The Morgan fingerprint density at radius 2 is 1.73 bits per heavy atom. The summed E-state index contributed by atoms with van der Waals surface area (Å²) in [5.74, 6) is -1.04. The molecule has 0 radical (unpaired) electrons. The minimum atomic E-state index is -0.747. The maximum absolute atomic E-state index is 12.6. The van der Waals surface area contributed by atoms with Gasteiger partial charge >= 0.3 is 5.97 Å². The van der Waals surface area contributed by atoms with Gasteiger partial charge in [-0.15, -0.1) is 0 Å². The average molecular weight is 324 g/mol. The second kappa shape index (κ2) is 7.14. The van der Waals surface area contributed by atoms with Crippen molar-refractivity contribution in [1.82, 2.24) is 4.90 Å². The van der Waals surface area contributed by atoms with E-state index in [1.807, 2.05) is 31.2 Å². The van der Waals surface area contributed by atoms with E-state index in [0.717, 1.165) is 5.56 Å². The van der Waals surface area contributed by atoms with Crippen LogP contribution in [0, 0.1) is 11.8 Å². The summed E-state index contributed by atoms with van der Waals surface area (Å²) in [7, 11) is 1.79. The summed E-state index contributed by atoms with van der Waals surface area (Å²) in [6.45, 7) is 1.96. The van der Waals surface area contributed by atoms with Crippen LogP contribution in [0.25, 0.3) is 0 Å². The Kier molecular flexibility index (Phi) is 5.46. The highest BCUT2D eigenvalue weighted by atomic mass is 35.5. The molecule has 0 spiro atoms. The summed E-state index contributed by atoms with van der Waals surface area (Å²) in [5, 5.41) is 9.69. The minimum Gasteiger partial charge on any atom is -0.481 e. The number of benzene rings is 1. The number of rotatable bonds is 4. The van der Waals surface area contributed by atoms with E-state index in [1.54, 1.807) is 11.9 Å². The fourth-order valence-corrected chi connectivity index (χ4v) is 3.38. The Bertz CT molecular complexity index is 553. The van der Waals surface area contributed by atoms with Crippen LogP contribution in [0.3, 0.4) is 0 Å². The number of hydrogen-bond acceptors (Lipinski definition) is 2. The van der Waals surface area contributed by atoms with Crippen LogP contribution in [-0.2, 0) is 9.59 Å². The number of amides is 1. The number of carboxylic acid groups (broad SMARTS) is 1. The van der Waals surface area contributed by atoms with Gasteiger partial charge in [0.15, 0.2) is 0 Å². The molecule has 120 valence electrons. The van der Waals surface area contributed by atoms with Crippen LogP contribution >= 0.6 is 11.6 Å². The van der Waals surface area contributed by atoms with Crippen LogP contribution in [0.15, 0.2) is 24.3 Å². The Morgan fingerprint density at radius 3 is 2.27 bits per heavy atom. The normalized spacial score (nSPS) is 22.9. The van der Waals surface area contributed by atoms with E-state index in [0.29, 0.717) is 30.7 Å². The Balaban J connectivity index is 2.01. The van der Waals surface area contributed by atoms with Crippen LogP contribution in [-0.4, -0.2) is 28.9 Å². The van der Waals surface area contributed by atoms with Crippen molar-refractivity contribution in [3.8, 4) is 0 Å². The summed E-state index contributed by atoms with van der Waals surface area (Å²) in [6.07, 6.45) is 2.46. The molecule has 0 aromatic heterocycles. The zero-order chi connectivity index (χ0) is 16.3. The third kappa shape index (κ3) is 3.61. The number of carbonyl (C=O) groups is 2. The van der Waals surface area contributed by atoms with Gasteiger partial charge in [-0.3, -0.25) is 9.59 Å². The zero-order valence-corrected chi connectivity index (χ0v) is 13.7. The predicted molar refractivity (Wildman–Crippen MR) is 85.7 cm³/mol. The Morgan fingerprint density at radius 1 is 1.18 bits per heavy atom. The molecule has 1 aliphatic rings. The topological polar surface area (TPSA) is 57.6 Å². The molecule has 0 bridgehead atoms. The molecule has 1 aliphatic carbocycles. The Labute approximate surface area is 136 Å². The molecule has 1 amide bonds. The molecule has 1 saturated carbocycles. The van der Waals surface area contributed by atoms with Gasteiger partial charge in [0.05, 0.1) is 12.0 Å². The Hall–Kier alpha value is -1.55. The van der Waals surface area contributed by atoms with Gasteiger partial charge in [0.2, 0.25) is 5.91 Å². The largest absolute Gasteiger partial charge is 0.481 e. The lowest BCUT2D eigenvalue weighted by Gasteiger charge is -2.32. The highest BCUT2D eigenvalue weighted by molar-refractivity contribution is 6.31. The molecular weight excluding hydrogens is 302 g/mol. The van der Waals surface area contributed by atoms with Crippen LogP contribution < -0.4 is 0 Å². The first kappa shape index (κ1) is 16.8. The smallest absolute Gasteiger partial charge is 0.306 e. The zero-order valence-electron chi connectivity index (χ0n) is 13.0. The van der Waals surface area contributed by atoms with Gasteiger partial charge in [-0.25, -0.2) is 0 Å². The van der Waals surface area contributed by atoms with Gasteiger partial charge in [-0.1, -0.05) is 29.8 Å². The fraction of sp³-hybridized carbons (Fsp3) is 0.529. The number of carboxylic acids is 1. The third-order valence-corrected chi connectivity index (χ3v) is 5.05. The molecule has 0 heterocycles. The molecule has 2 rings (SSSR count). The van der Waals surface area contributed by atoms with Crippen molar-refractivity contribution in [3.63, 3.8) is 0 Å². The van der Waals surface area contributed by atoms with Crippen molar-refractivity contribution in [2.45, 2.75) is 38.6 Å². The van der Waals surface area contributed by atoms with E-state index in [2.05, 4.69) is 0 Å². The molecule has 22 heavy (non-hydrogen) atoms. The van der Waals surface area contributed by atoms with Crippen LogP contribution in [0.4, 0.5) is 0 Å². The van der Waals surface area contributed by atoms with Gasteiger partial charge in [-0.2, -0.15) is 0 Å². The lowest BCUT2D eigenvalue weighted by molar-refractivity contribution is -0.145. The van der Waals surface area contributed by atoms with E-state index in [9.17, 15) is 9.59 Å². The second-order valence-corrected chi connectivity index (χ2v) is 6.44. The molecule has 1 aromatic rings. The second-order valence-electron chi connectivity index (χ2n) is 6.03. The molecule has 1 fully saturated rings. The van der Waals surface area contributed by atoms with Crippen molar-refractivity contribution in [1.29, 1.82) is 0 Å². The summed E-state index contributed by atoms with van der Waals surface area (Å²) in [4.78, 5) is 25.4. The number of hydrogen-bond donors (Lipinski definition) is 1. The summed E-state index contributed by atoms with van der Waals surface area (Å²) >= 11 is 6.20. The lowest BCUT2D eigenvalue weighted by Crippen LogP contribution is -2.37. The van der Waals surface area contributed by atoms with Gasteiger partial charge in [0.25, 0.3) is 0 Å². The van der Waals surface area contributed by atoms with Crippen LogP contribution in [0.1, 0.15) is 44.2 Å². The highest BCUT2D eigenvalue weighted by Crippen LogP contribution is 2.33. The summed E-state index contributed by atoms with van der Waals surface area (Å²) in [5.41, 5.74) is 0.930. The monoisotopic (exact) mass is 323 g/mol. The van der Waals surface area contributed by atoms with Gasteiger partial charge in [0, 0.05) is 18.0 Å². The van der Waals surface area contributed by atoms with Gasteiger partial charge < -0.3 is 10.0 Å². The van der Waals surface area contributed by atoms with Crippen molar-refractivity contribution < 1.29 is 14.7 Å². The fourth-order valence-electron chi connectivity index (χ4n) is 3.09. The van der Waals surface area contributed by atoms with E-state index < -0.39 is 5.97 Å². The minimum absolute atomic E-state index is 0.0782. The highest BCUT2D eigenvalue weighted by Gasteiger charge is 2.32. The summed E-state index contributed by atoms with van der Waals surface area (Å²) < 4.78 is 0. The number of halogens is 1. The molecule has 1 unspecified atom stereocenters. The first-order chi connectivity index (χ1) is 10.4. The van der Waals surface area contributed by atoms with Crippen molar-refractivity contribution in [2.75, 3.05) is 7.05 Å². The standard InChI is InChI=1S/C17H22ClNO3/c1-11(14-5-3-4-6-15(14)18)19(2)16(20)12-7-9-13(10-8-12)17(21)22/h3-6,11-13H,7-10H2,1-2H3,(H,21,22). The molecule has 5 heteroatoms. The van der Waals surface area contributed by atoms with E-state index in [4.69, 9.17) is 16.7 Å². The van der Waals surface area contributed by atoms with E-state index in [1.165, 1.54) is 0 Å². The molecule has 1 N–H and O–H groups in total. The third-order valence-electron chi connectivity index (χ3n) is 4.71. The van der Waals surface area contributed by atoms with Crippen molar-refractivity contribution in [3.05, 3.63) is 34.9 Å². The quantitative estimate of drug-likeness (QED) is 0.918. The molecule has 1 aromatic carbocycles.